The van der Waals surface area contributed by atoms with E-state index in [1.807, 2.05) is 30.5 Å². The average Bonchev–Trinajstić information content (AvgIpc) is 3.75. The summed E-state index contributed by atoms with van der Waals surface area (Å²) in [6.45, 7) is 0.290. The second kappa shape index (κ2) is 8.57. The summed E-state index contributed by atoms with van der Waals surface area (Å²) in [5, 5.41) is 0.558. The lowest BCUT2D eigenvalue weighted by Gasteiger charge is -2.22. The maximum absolute atomic E-state index is 11.9. The van der Waals surface area contributed by atoms with Crippen LogP contribution in [0.1, 0.15) is 47.2 Å². The van der Waals surface area contributed by atoms with Crippen LogP contribution in [0, 0.1) is 0 Å². The normalized spacial score (nSPS) is 16.4. The number of carbonyl (C=O) groups is 1. The number of hydrogen-bond donors (Lipinski definition) is 0. The molecule has 2 aliphatic rings. The van der Waals surface area contributed by atoms with Crippen LogP contribution in [-0.4, -0.2) is 24.2 Å². The first-order chi connectivity index (χ1) is 15.6. The van der Waals surface area contributed by atoms with Crippen molar-refractivity contribution in [1.82, 2.24) is 4.98 Å². The molecule has 0 N–H and O–H groups in total. The first kappa shape index (κ1) is 21.0. The van der Waals surface area contributed by atoms with Crippen molar-refractivity contribution in [3.05, 3.63) is 82.6 Å². The first-order valence-corrected chi connectivity index (χ1v) is 11.2. The highest BCUT2D eigenvalue weighted by molar-refractivity contribution is 6.31. The second-order valence-electron chi connectivity index (χ2n) is 8.32. The van der Waals surface area contributed by atoms with Crippen molar-refractivity contribution in [2.75, 3.05) is 7.11 Å². The summed E-state index contributed by atoms with van der Waals surface area (Å²) < 4.78 is 17.4. The number of halogens is 1. The molecule has 3 aromatic rings. The standard InChI is InChI=1S/C26H24ClNO4/c1-30-25(29)17-6-9-23(27)18(14-17)16-31-26(11-12-26)22-15-28-13-10-20(22)21-4-2-3-5-24(21)32-19-7-8-19/h2-6,9-10,13-15,19H,7-8,11-12,16H2,1H3. The summed E-state index contributed by atoms with van der Waals surface area (Å²) in [6, 6.07) is 15.2. The molecule has 0 radical (unpaired) electrons. The lowest BCUT2D eigenvalue weighted by Crippen LogP contribution is -2.14. The molecule has 5 rings (SSSR count). The number of para-hydroxylation sites is 1. The third-order valence-corrected chi connectivity index (χ3v) is 6.35. The zero-order chi connectivity index (χ0) is 22.1. The molecular formula is C26H24ClNO4. The van der Waals surface area contributed by atoms with Crippen molar-refractivity contribution >= 4 is 17.6 Å². The zero-order valence-corrected chi connectivity index (χ0v) is 18.6. The third kappa shape index (κ3) is 4.23. The van der Waals surface area contributed by atoms with E-state index >= 15 is 0 Å². The minimum atomic E-state index is -0.430. The number of rotatable bonds is 8. The van der Waals surface area contributed by atoms with Gasteiger partial charge in [-0.2, -0.15) is 0 Å². The monoisotopic (exact) mass is 449 g/mol. The van der Waals surface area contributed by atoms with Crippen LogP contribution in [0.2, 0.25) is 5.02 Å². The highest BCUT2D eigenvalue weighted by Gasteiger charge is 2.47. The second-order valence-corrected chi connectivity index (χ2v) is 8.72. The number of esters is 1. The lowest BCUT2D eigenvalue weighted by molar-refractivity contribution is 0.0173. The summed E-state index contributed by atoms with van der Waals surface area (Å²) in [6.07, 6.45) is 8.02. The molecule has 2 aromatic carbocycles. The minimum absolute atomic E-state index is 0.290. The molecular weight excluding hydrogens is 426 g/mol. The van der Waals surface area contributed by atoms with Gasteiger partial charge in [0.2, 0.25) is 0 Å². The summed E-state index contributed by atoms with van der Waals surface area (Å²) in [5.74, 6) is 0.498. The van der Waals surface area contributed by atoms with Gasteiger partial charge in [-0.1, -0.05) is 29.8 Å². The Morgan fingerprint density at radius 2 is 1.94 bits per heavy atom. The van der Waals surface area contributed by atoms with Gasteiger partial charge in [-0.3, -0.25) is 4.98 Å². The van der Waals surface area contributed by atoms with Crippen LogP contribution in [0.4, 0.5) is 0 Å². The fraction of sp³-hybridized carbons (Fsp3) is 0.308. The maximum atomic E-state index is 11.9. The molecule has 0 atom stereocenters. The van der Waals surface area contributed by atoms with Crippen molar-refractivity contribution in [3.8, 4) is 16.9 Å². The minimum Gasteiger partial charge on any atom is -0.490 e. The molecule has 2 saturated carbocycles. The van der Waals surface area contributed by atoms with Crippen molar-refractivity contribution < 1.29 is 19.0 Å². The van der Waals surface area contributed by atoms with E-state index < -0.39 is 11.6 Å². The van der Waals surface area contributed by atoms with Crippen LogP contribution in [0.15, 0.2) is 60.9 Å². The zero-order valence-electron chi connectivity index (χ0n) is 17.8. The van der Waals surface area contributed by atoms with Gasteiger partial charge in [0, 0.05) is 28.5 Å². The molecule has 0 saturated heterocycles. The predicted octanol–water partition coefficient (Wildman–Crippen LogP) is 5.94. The average molecular weight is 450 g/mol. The van der Waals surface area contributed by atoms with E-state index in [9.17, 15) is 4.79 Å². The summed E-state index contributed by atoms with van der Waals surface area (Å²) in [4.78, 5) is 16.3. The van der Waals surface area contributed by atoms with Gasteiger partial charge in [0.15, 0.2) is 0 Å². The first-order valence-electron chi connectivity index (χ1n) is 10.8. The van der Waals surface area contributed by atoms with Gasteiger partial charge in [0.1, 0.15) is 5.75 Å². The highest BCUT2D eigenvalue weighted by Crippen LogP contribution is 2.53. The molecule has 0 spiro atoms. The number of benzene rings is 2. The number of ether oxygens (including phenoxy) is 3. The molecule has 0 amide bonds. The van der Waals surface area contributed by atoms with Gasteiger partial charge in [-0.25, -0.2) is 4.79 Å². The Morgan fingerprint density at radius 3 is 2.69 bits per heavy atom. The van der Waals surface area contributed by atoms with E-state index in [2.05, 4.69) is 11.1 Å². The van der Waals surface area contributed by atoms with E-state index in [-0.39, 0.29) is 6.61 Å². The van der Waals surface area contributed by atoms with E-state index in [4.69, 9.17) is 25.8 Å². The summed E-state index contributed by atoms with van der Waals surface area (Å²) in [5.41, 5.74) is 3.95. The number of hydrogen-bond acceptors (Lipinski definition) is 5. The Hall–Kier alpha value is -2.89. The molecule has 1 heterocycles. The summed E-state index contributed by atoms with van der Waals surface area (Å²) in [7, 11) is 1.36. The number of carbonyl (C=O) groups excluding carboxylic acids is 1. The van der Waals surface area contributed by atoms with E-state index in [1.165, 1.54) is 7.11 Å². The Morgan fingerprint density at radius 1 is 1.12 bits per heavy atom. The Balaban J connectivity index is 1.43. The Bertz CT molecular complexity index is 1150. The van der Waals surface area contributed by atoms with Crippen LogP contribution < -0.4 is 4.74 Å². The van der Waals surface area contributed by atoms with Crippen LogP contribution in [0.3, 0.4) is 0 Å². The molecule has 164 valence electrons. The Kier molecular flexibility index (Phi) is 5.62. The van der Waals surface area contributed by atoms with E-state index in [1.54, 1.807) is 24.4 Å². The van der Waals surface area contributed by atoms with Crippen LogP contribution in [-0.2, 0) is 21.7 Å². The van der Waals surface area contributed by atoms with E-state index in [0.717, 1.165) is 53.7 Å². The fourth-order valence-electron chi connectivity index (χ4n) is 3.90. The van der Waals surface area contributed by atoms with Crippen LogP contribution in [0.5, 0.6) is 5.75 Å². The maximum Gasteiger partial charge on any atom is 0.337 e. The van der Waals surface area contributed by atoms with Gasteiger partial charge in [-0.15, -0.1) is 0 Å². The molecule has 2 fully saturated rings. The quantitative estimate of drug-likeness (QED) is 0.398. The van der Waals surface area contributed by atoms with Gasteiger partial charge < -0.3 is 14.2 Å². The number of nitrogens with zero attached hydrogens (tertiary/aromatic N) is 1. The van der Waals surface area contributed by atoms with Crippen molar-refractivity contribution in [2.45, 2.75) is 44.0 Å². The lowest BCUT2D eigenvalue weighted by atomic mass is 9.96. The molecule has 6 heteroatoms. The van der Waals surface area contributed by atoms with Gasteiger partial charge in [0.25, 0.3) is 0 Å². The largest absolute Gasteiger partial charge is 0.490 e. The smallest absolute Gasteiger partial charge is 0.337 e. The fourth-order valence-corrected chi connectivity index (χ4v) is 4.07. The topological polar surface area (TPSA) is 57.7 Å². The van der Waals surface area contributed by atoms with Crippen molar-refractivity contribution in [3.63, 3.8) is 0 Å². The molecule has 0 aliphatic heterocycles. The number of methoxy groups -OCH3 is 1. The molecule has 1 aromatic heterocycles. The van der Waals surface area contributed by atoms with Gasteiger partial charge >= 0.3 is 5.97 Å². The SMILES string of the molecule is COC(=O)c1ccc(Cl)c(COC2(c3cnccc3-c3ccccc3OC3CC3)CC2)c1. The van der Waals surface area contributed by atoms with Crippen LogP contribution >= 0.6 is 11.6 Å². The molecule has 0 unspecified atom stereocenters. The molecule has 0 bridgehead atoms. The van der Waals surface area contributed by atoms with Crippen LogP contribution in [0.25, 0.3) is 11.1 Å². The number of aromatic nitrogens is 1. The predicted molar refractivity (Wildman–Crippen MR) is 122 cm³/mol. The van der Waals surface area contributed by atoms with Gasteiger partial charge in [0.05, 0.1) is 31.0 Å². The summed E-state index contributed by atoms with van der Waals surface area (Å²) >= 11 is 6.38. The Labute approximate surface area is 192 Å². The highest BCUT2D eigenvalue weighted by atomic mass is 35.5. The van der Waals surface area contributed by atoms with Crippen molar-refractivity contribution in [1.29, 1.82) is 0 Å². The molecule has 5 nitrogen and oxygen atoms in total. The van der Waals surface area contributed by atoms with E-state index in [0.29, 0.717) is 16.7 Å². The van der Waals surface area contributed by atoms with Gasteiger partial charge in [-0.05, 0) is 67.1 Å². The van der Waals surface area contributed by atoms with Crippen molar-refractivity contribution in [2.24, 2.45) is 0 Å². The third-order valence-electron chi connectivity index (χ3n) is 5.98. The molecule has 32 heavy (non-hydrogen) atoms. The number of pyridine rings is 1. The molecule has 2 aliphatic carbocycles.